The second-order valence-corrected chi connectivity index (χ2v) is 5.44. The average Bonchev–Trinajstić information content (AvgIpc) is 2.94. The van der Waals surface area contributed by atoms with Gasteiger partial charge in [0.2, 0.25) is 5.16 Å². The number of nitrogens with zero attached hydrogens (tertiary/aromatic N) is 2. The maximum atomic E-state index is 8.69. The summed E-state index contributed by atoms with van der Waals surface area (Å²) in [6, 6.07) is 10.1. The number of nitrogens with one attached hydrogen (secondary N) is 1. The third-order valence-electron chi connectivity index (χ3n) is 2.75. The highest BCUT2D eigenvalue weighted by Crippen LogP contribution is 2.15. The van der Waals surface area contributed by atoms with Crippen molar-refractivity contribution in [3.63, 3.8) is 0 Å². The zero-order valence-electron chi connectivity index (χ0n) is 11.3. The maximum Gasteiger partial charge on any atom is 0.208 e. The van der Waals surface area contributed by atoms with Crippen LogP contribution in [-0.2, 0) is 0 Å². The number of thioether (sulfide) groups is 1. The molecule has 0 bridgehead atoms. The lowest BCUT2D eigenvalue weighted by Gasteiger charge is -1.95. The van der Waals surface area contributed by atoms with E-state index < -0.39 is 0 Å². The van der Waals surface area contributed by atoms with Crippen molar-refractivity contribution in [2.75, 3.05) is 12.4 Å². The molecule has 0 fully saturated rings. The number of H-pyrrole nitrogens is 1. The number of aromatic nitrogens is 3. The van der Waals surface area contributed by atoms with Crippen molar-refractivity contribution in [1.29, 1.82) is 0 Å². The molecule has 0 aliphatic carbocycles. The highest BCUT2D eigenvalue weighted by molar-refractivity contribution is 7.99. The van der Waals surface area contributed by atoms with Gasteiger partial charge in [-0.15, -0.1) is 5.10 Å². The minimum absolute atomic E-state index is 0.278. The number of aliphatic hydroxyl groups excluding tert-OH is 1. The van der Waals surface area contributed by atoms with Crippen LogP contribution in [0.3, 0.4) is 0 Å². The summed E-state index contributed by atoms with van der Waals surface area (Å²) in [7, 11) is 0. The predicted octanol–water partition coefficient (Wildman–Crippen LogP) is 3.23. The molecule has 0 spiro atoms. The van der Waals surface area contributed by atoms with Crippen molar-refractivity contribution in [1.82, 2.24) is 15.2 Å². The topological polar surface area (TPSA) is 61.8 Å². The maximum absolute atomic E-state index is 8.69. The lowest BCUT2D eigenvalue weighted by atomic mass is 10.2. The molecule has 20 heavy (non-hydrogen) atoms. The van der Waals surface area contributed by atoms with Crippen LogP contribution in [-0.4, -0.2) is 32.6 Å². The SMILES string of the molecule is OCCCCCSc1n[nH]c(C=Cc2ccccc2)n1. The van der Waals surface area contributed by atoms with Crippen molar-refractivity contribution in [2.45, 2.75) is 24.4 Å². The van der Waals surface area contributed by atoms with Gasteiger partial charge in [0.1, 0.15) is 5.82 Å². The first-order valence-electron chi connectivity index (χ1n) is 6.77. The fourth-order valence-corrected chi connectivity index (χ4v) is 2.49. The molecular weight excluding hydrogens is 270 g/mol. The number of aliphatic hydroxyl groups is 1. The zero-order valence-corrected chi connectivity index (χ0v) is 12.1. The summed E-state index contributed by atoms with van der Waals surface area (Å²) in [4.78, 5) is 4.40. The summed E-state index contributed by atoms with van der Waals surface area (Å²) in [5.41, 5.74) is 1.14. The van der Waals surface area contributed by atoms with Gasteiger partial charge in [0, 0.05) is 12.4 Å². The molecule has 0 aliphatic rings. The smallest absolute Gasteiger partial charge is 0.208 e. The lowest BCUT2D eigenvalue weighted by molar-refractivity contribution is 0.284. The molecule has 0 aliphatic heterocycles. The molecule has 1 aromatic carbocycles. The molecule has 2 aromatic rings. The fourth-order valence-electron chi connectivity index (χ4n) is 1.69. The van der Waals surface area contributed by atoms with E-state index in [0.717, 1.165) is 41.6 Å². The minimum Gasteiger partial charge on any atom is -0.396 e. The number of unbranched alkanes of at least 4 members (excludes halogenated alkanes) is 2. The number of hydrogen-bond acceptors (Lipinski definition) is 4. The Kier molecular flexibility index (Phi) is 6.34. The van der Waals surface area contributed by atoms with Crippen molar-refractivity contribution >= 4 is 23.9 Å². The number of rotatable bonds is 8. The first-order valence-corrected chi connectivity index (χ1v) is 7.76. The number of aromatic amines is 1. The molecule has 1 heterocycles. The van der Waals surface area contributed by atoms with Gasteiger partial charge in [0.25, 0.3) is 0 Å². The highest BCUT2D eigenvalue weighted by atomic mass is 32.2. The van der Waals surface area contributed by atoms with E-state index >= 15 is 0 Å². The molecule has 2 N–H and O–H groups in total. The van der Waals surface area contributed by atoms with E-state index in [1.807, 2.05) is 42.5 Å². The third-order valence-corrected chi connectivity index (χ3v) is 3.68. The molecule has 5 heteroatoms. The minimum atomic E-state index is 0.278. The molecule has 0 atom stereocenters. The molecule has 0 radical (unpaired) electrons. The van der Waals surface area contributed by atoms with Crippen molar-refractivity contribution in [3.8, 4) is 0 Å². The monoisotopic (exact) mass is 289 g/mol. The van der Waals surface area contributed by atoms with Crippen LogP contribution in [0, 0.1) is 0 Å². The van der Waals surface area contributed by atoms with Gasteiger partial charge in [0.05, 0.1) is 0 Å². The summed E-state index contributed by atoms with van der Waals surface area (Å²) < 4.78 is 0. The standard InChI is InChI=1S/C15H19N3OS/c19-11-5-2-6-12-20-15-16-14(17-18-15)10-9-13-7-3-1-4-8-13/h1,3-4,7-10,19H,2,5-6,11-12H2,(H,16,17,18). The Morgan fingerprint density at radius 1 is 1.10 bits per heavy atom. The summed E-state index contributed by atoms with van der Waals surface area (Å²) in [6.45, 7) is 0.278. The van der Waals surface area contributed by atoms with E-state index in [4.69, 9.17) is 5.11 Å². The van der Waals surface area contributed by atoms with Crippen LogP contribution in [0.15, 0.2) is 35.5 Å². The third kappa shape index (κ3) is 5.19. The first-order chi connectivity index (χ1) is 9.88. The van der Waals surface area contributed by atoms with Gasteiger partial charge in [-0.2, -0.15) is 0 Å². The highest BCUT2D eigenvalue weighted by Gasteiger charge is 2.01. The van der Waals surface area contributed by atoms with Gasteiger partial charge in [-0.05, 0) is 24.5 Å². The van der Waals surface area contributed by atoms with Gasteiger partial charge in [-0.25, -0.2) is 4.98 Å². The van der Waals surface area contributed by atoms with Crippen LogP contribution in [0.1, 0.15) is 30.7 Å². The second-order valence-electron chi connectivity index (χ2n) is 4.38. The van der Waals surface area contributed by atoms with Gasteiger partial charge >= 0.3 is 0 Å². The number of benzene rings is 1. The van der Waals surface area contributed by atoms with Gasteiger partial charge < -0.3 is 5.11 Å². The van der Waals surface area contributed by atoms with E-state index in [0.29, 0.717) is 0 Å². The normalized spacial score (nSPS) is 11.2. The van der Waals surface area contributed by atoms with Crippen molar-refractivity contribution < 1.29 is 5.11 Å². The molecule has 0 saturated carbocycles. The molecule has 106 valence electrons. The summed E-state index contributed by atoms with van der Waals surface area (Å²) >= 11 is 1.64. The van der Waals surface area contributed by atoms with E-state index in [9.17, 15) is 0 Å². The Morgan fingerprint density at radius 3 is 2.75 bits per heavy atom. The zero-order chi connectivity index (χ0) is 14.0. The Labute approximate surface area is 123 Å². The van der Waals surface area contributed by atoms with Crippen LogP contribution < -0.4 is 0 Å². The number of hydrogen-bond donors (Lipinski definition) is 2. The molecular formula is C15H19N3OS. The molecule has 2 rings (SSSR count). The largest absolute Gasteiger partial charge is 0.396 e. The van der Waals surface area contributed by atoms with Crippen LogP contribution in [0.25, 0.3) is 12.2 Å². The van der Waals surface area contributed by atoms with Crippen LogP contribution in [0.2, 0.25) is 0 Å². The van der Waals surface area contributed by atoms with Gasteiger partial charge in [0.15, 0.2) is 0 Å². The van der Waals surface area contributed by atoms with Crippen LogP contribution >= 0.6 is 11.8 Å². The quantitative estimate of drug-likeness (QED) is 0.578. The summed E-state index contributed by atoms with van der Waals surface area (Å²) in [6.07, 6.45) is 6.94. The Hall–Kier alpha value is -1.59. The van der Waals surface area contributed by atoms with Gasteiger partial charge in [-0.3, -0.25) is 5.10 Å². The van der Waals surface area contributed by atoms with E-state index in [1.165, 1.54) is 0 Å². The Balaban J connectivity index is 1.79. The Bertz CT molecular complexity index is 525. The van der Waals surface area contributed by atoms with Crippen molar-refractivity contribution in [3.05, 3.63) is 41.7 Å². The molecule has 0 saturated heterocycles. The van der Waals surface area contributed by atoms with Crippen LogP contribution in [0.5, 0.6) is 0 Å². The second kappa shape index (κ2) is 8.55. The average molecular weight is 289 g/mol. The predicted molar refractivity (Wildman–Crippen MR) is 83.4 cm³/mol. The molecule has 0 amide bonds. The molecule has 4 nitrogen and oxygen atoms in total. The lowest BCUT2D eigenvalue weighted by Crippen LogP contribution is -1.86. The van der Waals surface area contributed by atoms with E-state index in [-0.39, 0.29) is 6.61 Å². The summed E-state index contributed by atoms with van der Waals surface area (Å²) in [5, 5.41) is 16.6. The Morgan fingerprint density at radius 2 is 1.95 bits per heavy atom. The van der Waals surface area contributed by atoms with E-state index in [2.05, 4.69) is 15.2 Å². The fraction of sp³-hybridized carbons (Fsp3) is 0.333. The van der Waals surface area contributed by atoms with Gasteiger partial charge in [-0.1, -0.05) is 54.6 Å². The molecule has 0 unspecified atom stereocenters. The summed E-state index contributed by atoms with van der Waals surface area (Å²) in [5.74, 6) is 1.76. The van der Waals surface area contributed by atoms with E-state index in [1.54, 1.807) is 11.8 Å². The first kappa shape index (κ1) is 14.8. The van der Waals surface area contributed by atoms with Crippen LogP contribution in [0.4, 0.5) is 0 Å². The molecule has 1 aromatic heterocycles. The van der Waals surface area contributed by atoms with Crippen molar-refractivity contribution in [2.24, 2.45) is 0 Å².